The van der Waals surface area contributed by atoms with E-state index in [-0.39, 0.29) is 11.6 Å². The Labute approximate surface area is 189 Å². The van der Waals surface area contributed by atoms with Crippen LogP contribution >= 0.6 is 11.3 Å². The number of thiophene rings is 1. The van der Waals surface area contributed by atoms with Crippen LogP contribution in [-0.2, 0) is 19.5 Å². The summed E-state index contributed by atoms with van der Waals surface area (Å²) >= 11 is 1.89. The van der Waals surface area contributed by atoms with Gasteiger partial charge >= 0.3 is 6.03 Å². The van der Waals surface area contributed by atoms with Crippen molar-refractivity contribution >= 4 is 17.4 Å². The number of carbonyl (C=O) groups excluding carboxylic acids is 1. The molecule has 4 saturated carbocycles. The van der Waals surface area contributed by atoms with Gasteiger partial charge in [-0.2, -0.15) is 0 Å². The van der Waals surface area contributed by atoms with Gasteiger partial charge in [0.15, 0.2) is 0 Å². The van der Waals surface area contributed by atoms with Crippen LogP contribution in [0.15, 0.2) is 24.5 Å². The molecule has 0 unspecified atom stereocenters. The lowest BCUT2D eigenvalue weighted by Crippen LogP contribution is -2.61. The molecule has 0 aromatic carbocycles. The first kappa shape index (κ1) is 19.9. The number of likely N-dealkylation sites (N-methyl/N-ethyl adjacent to an activating group) is 1. The van der Waals surface area contributed by atoms with Gasteiger partial charge in [-0.05, 0) is 86.9 Å². The topological polar surface area (TPSA) is 49.3 Å². The Morgan fingerprint density at radius 3 is 2.45 bits per heavy atom. The predicted molar refractivity (Wildman–Crippen MR) is 125 cm³/mol. The Morgan fingerprint density at radius 2 is 1.81 bits per heavy atom. The van der Waals surface area contributed by atoms with Crippen molar-refractivity contribution in [2.24, 2.45) is 17.8 Å². The predicted octanol–water partition coefficient (Wildman–Crippen LogP) is 4.68. The summed E-state index contributed by atoms with van der Waals surface area (Å²) in [6.07, 6.45) is 13.1. The van der Waals surface area contributed by atoms with Crippen molar-refractivity contribution in [2.75, 3.05) is 13.1 Å². The van der Waals surface area contributed by atoms with Gasteiger partial charge in [0.1, 0.15) is 5.00 Å². The summed E-state index contributed by atoms with van der Waals surface area (Å²) in [5.74, 6) is 2.53. The summed E-state index contributed by atoms with van der Waals surface area (Å²) in [7, 11) is 0. The number of carbonyl (C=O) groups is 1. The molecule has 0 radical (unpaired) electrons. The van der Waals surface area contributed by atoms with E-state index < -0.39 is 0 Å². The van der Waals surface area contributed by atoms with Crippen LogP contribution in [0, 0.1) is 17.8 Å². The lowest BCUT2D eigenvalue weighted by Gasteiger charge is -2.56. The first-order chi connectivity index (χ1) is 15.1. The van der Waals surface area contributed by atoms with Crippen molar-refractivity contribution in [3.05, 3.63) is 40.5 Å². The minimum absolute atomic E-state index is 0.0337. The van der Waals surface area contributed by atoms with E-state index in [0.29, 0.717) is 6.54 Å². The summed E-state index contributed by atoms with van der Waals surface area (Å²) in [6.45, 7) is 6.09. The maximum Gasteiger partial charge on any atom is 0.315 e. The summed E-state index contributed by atoms with van der Waals surface area (Å²) in [4.78, 5) is 17.0. The van der Waals surface area contributed by atoms with E-state index in [2.05, 4.69) is 51.6 Å². The third-order valence-corrected chi connectivity index (χ3v) is 9.63. The van der Waals surface area contributed by atoms with E-state index in [1.54, 1.807) is 0 Å². The highest BCUT2D eigenvalue weighted by Gasteiger charge is 2.51. The van der Waals surface area contributed by atoms with Crippen LogP contribution in [0.5, 0.6) is 0 Å². The van der Waals surface area contributed by atoms with Crippen molar-refractivity contribution in [3.8, 4) is 5.00 Å². The Balaban J connectivity index is 1.19. The van der Waals surface area contributed by atoms with E-state index in [1.165, 1.54) is 59.5 Å². The molecule has 2 amide bonds. The molecule has 2 N–H and O–H groups in total. The van der Waals surface area contributed by atoms with Gasteiger partial charge in [0.25, 0.3) is 0 Å². The zero-order chi connectivity index (χ0) is 21.0. The number of hydrogen-bond acceptors (Lipinski definition) is 3. The molecule has 4 fully saturated rings. The first-order valence-electron chi connectivity index (χ1n) is 12.2. The van der Waals surface area contributed by atoms with E-state index in [9.17, 15) is 4.79 Å². The maximum atomic E-state index is 13.1. The molecule has 4 bridgehead atoms. The van der Waals surface area contributed by atoms with E-state index in [1.807, 2.05) is 11.3 Å². The molecule has 0 atom stereocenters. The average molecular weight is 439 g/mol. The smallest absolute Gasteiger partial charge is 0.315 e. The molecule has 2 aromatic heterocycles. The SMILES string of the molecule is CCN1CCc2c(sc(-n3cccc3)c2CNC(=O)NC23CC4CC(CC(C4)C2)C3)C1. The molecule has 1 aliphatic heterocycles. The second kappa shape index (κ2) is 7.66. The minimum atomic E-state index is 0.0337. The van der Waals surface area contributed by atoms with Crippen LogP contribution in [0.25, 0.3) is 5.00 Å². The van der Waals surface area contributed by atoms with Crippen molar-refractivity contribution in [1.82, 2.24) is 20.1 Å². The maximum absolute atomic E-state index is 13.1. The van der Waals surface area contributed by atoms with Crippen molar-refractivity contribution in [3.63, 3.8) is 0 Å². The van der Waals surface area contributed by atoms with Crippen molar-refractivity contribution in [1.29, 1.82) is 0 Å². The van der Waals surface area contributed by atoms with Gasteiger partial charge < -0.3 is 15.2 Å². The summed E-state index contributed by atoms with van der Waals surface area (Å²) in [6, 6.07) is 4.19. The molecule has 5 aliphatic rings. The molecule has 31 heavy (non-hydrogen) atoms. The Bertz CT molecular complexity index is 927. The molecule has 0 spiro atoms. The van der Waals surface area contributed by atoms with Crippen LogP contribution in [0.4, 0.5) is 4.79 Å². The number of aromatic nitrogens is 1. The fraction of sp³-hybridized carbons (Fsp3) is 0.640. The number of nitrogens with one attached hydrogen (secondary N) is 2. The van der Waals surface area contributed by atoms with Gasteiger partial charge in [0.05, 0.1) is 0 Å². The normalized spacial score (nSPS) is 31.6. The minimum Gasteiger partial charge on any atom is -0.334 e. The van der Waals surface area contributed by atoms with Gasteiger partial charge in [0, 0.05) is 48.0 Å². The van der Waals surface area contributed by atoms with Crippen LogP contribution in [0.1, 0.15) is 61.5 Å². The standard InChI is InChI=1S/C25H34N4OS/c1-2-28-8-5-20-21(23(31-22(20)16-28)29-6-3-4-7-29)15-26-24(30)27-25-12-17-9-18(13-25)11-19(10-17)14-25/h3-4,6-7,17-19H,2,5,8-16H2,1H3,(H2,26,27,30). The highest BCUT2D eigenvalue weighted by Crippen LogP contribution is 2.55. The van der Waals surface area contributed by atoms with Crippen molar-refractivity contribution in [2.45, 2.75) is 70.5 Å². The Hall–Kier alpha value is -1.79. The van der Waals surface area contributed by atoms with Crippen LogP contribution in [0.2, 0.25) is 0 Å². The molecule has 0 saturated heterocycles. The zero-order valence-electron chi connectivity index (χ0n) is 18.5. The molecule has 166 valence electrons. The zero-order valence-corrected chi connectivity index (χ0v) is 19.3. The van der Waals surface area contributed by atoms with E-state index in [4.69, 9.17) is 0 Å². The van der Waals surface area contributed by atoms with Gasteiger partial charge in [-0.15, -0.1) is 11.3 Å². The molecule has 4 aliphatic carbocycles. The van der Waals surface area contributed by atoms with Gasteiger partial charge in [-0.1, -0.05) is 6.92 Å². The third-order valence-electron chi connectivity index (χ3n) is 8.35. The second-order valence-electron chi connectivity index (χ2n) is 10.5. The number of rotatable bonds is 5. The van der Waals surface area contributed by atoms with E-state index in [0.717, 1.165) is 43.8 Å². The highest BCUT2D eigenvalue weighted by atomic mass is 32.1. The first-order valence-corrected chi connectivity index (χ1v) is 13.0. The average Bonchev–Trinajstić information content (AvgIpc) is 3.38. The summed E-state index contributed by atoms with van der Waals surface area (Å²) in [5, 5.41) is 8.01. The van der Waals surface area contributed by atoms with Crippen LogP contribution in [-0.4, -0.2) is 34.1 Å². The van der Waals surface area contributed by atoms with Gasteiger partial charge in [-0.25, -0.2) is 4.79 Å². The second-order valence-corrected chi connectivity index (χ2v) is 11.6. The van der Waals surface area contributed by atoms with E-state index >= 15 is 0 Å². The van der Waals surface area contributed by atoms with Gasteiger partial charge in [-0.3, -0.25) is 4.90 Å². The summed E-state index contributed by atoms with van der Waals surface area (Å²) in [5.41, 5.74) is 2.85. The van der Waals surface area contributed by atoms with Gasteiger partial charge in [0.2, 0.25) is 0 Å². The molecular weight excluding hydrogens is 404 g/mol. The molecule has 6 heteroatoms. The van der Waals surface area contributed by atoms with Crippen molar-refractivity contribution < 1.29 is 4.79 Å². The third kappa shape index (κ3) is 3.62. The Morgan fingerprint density at radius 1 is 1.13 bits per heavy atom. The number of nitrogens with zero attached hydrogens (tertiary/aromatic N) is 2. The number of amides is 2. The quantitative estimate of drug-likeness (QED) is 0.712. The molecule has 5 nitrogen and oxygen atoms in total. The number of urea groups is 1. The highest BCUT2D eigenvalue weighted by molar-refractivity contribution is 7.14. The molecule has 7 rings (SSSR count). The fourth-order valence-electron chi connectivity index (χ4n) is 7.36. The lowest BCUT2D eigenvalue weighted by molar-refractivity contribution is -0.0135. The molecule has 3 heterocycles. The van der Waals surface area contributed by atoms with Crippen LogP contribution in [0.3, 0.4) is 0 Å². The largest absolute Gasteiger partial charge is 0.334 e. The Kier molecular flexibility index (Phi) is 4.91. The number of hydrogen-bond donors (Lipinski definition) is 2. The van der Waals surface area contributed by atoms with Crippen LogP contribution < -0.4 is 10.6 Å². The monoisotopic (exact) mass is 438 g/mol. The lowest BCUT2D eigenvalue weighted by atomic mass is 9.53. The fourth-order valence-corrected chi connectivity index (χ4v) is 8.73. The number of fused-ring (bicyclic) bond motifs is 1. The summed E-state index contributed by atoms with van der Waals surface area (Å²) < 4.78 is 2.22. The molecule has 2 aromatic rings. The molecular formula is C25H34N4OS.